The van der Waals surface area contributed by atoms with Crippen LogP contribution in [-0.2, 0) is 25.9 Å². The zero-order valence-electron chi connectivity index (χ0n) is 16.9. The molecule has 1 amide bonds. The van der Waals surface area contributed by atoms with Crippen LogP contribution in [0.1, 0.15) is 38.7 Å². The quantitative estimate of drug-likeness (QED) is 0.521. The third kappa shape index (κ3) is 4.59. The van der Waals surface area contributed by atoms with Crippen molar-refractivity contribution in [3.05, 3.63) is 63.2 Å². The molecule has 1 N–H and O–H groups in total. The zero-order chi connectivity index (χ0) is 24.0. The van der Waals surface area contributed by atoms with Gasteiger partial charge in [0.2, 0.25) is 0 Å². The van der Waals surface area contributed by atoms with Crippen LogP contribution in [0.3, 0.4) is 0 Å². The second-order valence-electron chi connectivity index (χ2n) is 6.99. The maximum absolute atomic E-state index is 13.1. The summed E-state index contributed by atoms with van der Waals surface area (Å²) in [6.45, 7) is 3.08. The van der Waals surface area contributed by atoms with E-state index < -0.39 is 40.2 Å². The number of alkyl halides is 6. The summed E-state index contributed by atoms with van der Waals surface area (Å²) in [7, 11) is 1.01. The number of nitrogens with one attached hydrogen (secondary N) is 1. The van der Waals surface area contributed by atoms with E-state index in [0.29, 0.717) is 21.6 Å². The molecule has 0 atom stereocenters. The molecule has 0 saturated heterocycles. The van der Waals surface area contributed by atoms with Crippen LogP contribution < -0.4 is 5.32 Å². The van der Waals surface area contributed by atoms with Crippen LogP contribution in [0.5, 0.6) is 0 Å². The van der Waals surface area contributed by atoms with Crippen molar-refractivity contribution in [2.45, 2.75) is 32.7 Å². The fourth-order valence-corrected chi connectivity index (χ4v) is 3.53. The molecule has 13 heteroatoms. The third-order valence-electron chi connectivity index (χ3n) is 4.68. The summed E-state index contributed by atoms with van der Waals surface area (Å²) in [5.41, 5.74) is -1.48. The van der Waals surface area contributed by atoms with Gasteiger partial charge < -0.3 is 5.32 Å². The fourth-order valence-electron chi connectivity index (χ4n) is 3.17. The minimum Gasteiger partial charge on any atom is -0.317 e. The lowest BCUT2D eigenvalue weighted by Gasteiger charge is -2.10. The predicted molar refractivity (Wildman–Crippen MR) is 103 cm³/mol. The first-order valence-corrected chi connectivity index (χ1v) is 9.39. The van der Waals surface area contributed by atoms with Gasteiger partial charge in [0.25, 0.3) is 5.91 Å². The highest BCUT2D eigenvalue weighted by molar-refractivity contribution is 6.34. The Morgan fingerprint density at radius 3 is 2.31 bits per heavy atom. The van der Waals surface area contributed by atoms with Crippen LogP contribution in [0.2, 0.25) is 5.02 Å². The van der Waals surface area contributed by atoms with Crippen molar-refractivity contribution in [3.63, 3.8) is 0 Å². The Bertz CT molecular complexity index is 1180. The van der Waals surface area contributed by atoms with Crippen LogP contribution in [0.4, 0.5) is 32.0 Å². The molecule has 0 spiro atoms. The van der Waals surface area contributed by atoms with Gasteiger partial charge in [-0.1, -0.05) is 23.7 Å². The van der Waals surface area contributed by atoms with Crippen LogP contribution >= 0.6 is 11.6 Å². The molecule has 3 aromatic rings. The van der Waals surface area contributed by atoms with Crippen LogP contribution in [0, 0.1) is 13.8 Å². The van der Waals surface area contributed by atoms with E-state index in [4.69, 9.17) is 11.6 Å². The SMILES string of the molecule is Cc1nn(Cc2cccc(C(F)(F)F)c2)c(C)c1NC(=O)c1nn(C)c(C(F)(F)F)c1Cl. The molecule has 3 rings (SSSR count). The van der Waals surface area contributed by atoms with Gasteiger partial charge in [-0.2, -0.15) is 36.5 Å². The Kier molecular flexibility index (Phi) is 6.02. The van der Waals surface area contributed by atoms with Gasteiger partial charge in [0.05, 0.1) is 29.2 Å². The molecule has 0 aliphatic carbocycles. The van der Waals surface area contributed by atoms with Gasteiger partial charge >= 0.3 is 12.4 Å². The third-order valence-corrected chi connectivity index (χ3v) is 5.04. The van der Waals surface area contributed by atoms with Crippen molar-refractivity contribution >= 4 is 23.2 Å². The van der Waals surface area contributed by atoms with Crippen molar-refractivity contribution in [1.29, 1.82) is 0 Å². The topological polar surface area (TPSA) is 64.7 Å². The molecule has 2 heterocycles. The first kappa shape index (κ1) is 23.6. The Balaban J connectivity index is 1.87. The highest BCUT2D eigenvalue weighted by atomic mass is 35.5. The van der Waals surface area contributed by atoms with Gasteiger partial charge in [0, 0.05) is 7.05 Å². The van der Waals surface area contributed by atoms with Crippen molar-refractivity contribution in [3.8, 4) is 0 Å². The number of carbonyl (C=O) groups excluding carboxylic acids is 1. The van der Waals surface area contributed by atoms with Crippen molar-refractivity contribution in [1.82, 2.24) is 19.6 Å². The maximum Gasteiger partial charge on any atom is 0.434 e. The Hall–Kier alpha value is -3.02. The molecule has 0 fully saturated rings. The van der Waals surface area contributed by atoms with E-state index in [1.54, 1.807) is 6.92 Å². The number of aryl methyl sites for hydroxylation is 2. The summed E-state index contributed by atoms with van der Waals surface area (Å²) >= 11 is 5.74. The number of amides is 1. The first-order valence-electron chi connectivity index (χ1n) is 9.01. The molecule has 6 nitrogen and oxygen atoms in total. The van der Waals surface area contributed by atoms with E-state index >= 15 is 0 Å². The summed E-state index contributed by atoms with van der Waals surface area (Å²) in [5, 5.41) is 9.36. The highest BCUT2D eigenvalue weighted by Crippen LogP contribution is 2.36. The van der Waals surface area contributed by atoms with E-state index in [1.807, 2.05) is 0 Å². The summed E-state index contributed by atoms with van der Waals surface area (Å²) in [5.74, 6) is -0.981. The van der Waals surface area contributed by atoms with Crippen LogP contribution in [0.15, 0.2) is 24.3 Å². The lowest BCUT2D eigenvalue weighted by atomic mass is 10.1. The lowest BCUT2D eigenvalue weighted by Crippen LogP contribution is -2.15. The minimum atomic E-state index is -4.81. The lowest BCUT2D eigenvalue weighted by molar-refractivity contribution is -0.143. The van der Waals surface area contributed by atoms with Crippen molar-refractivity contribution < 1.29 is 31.1 Å². The van der Waals surface area contributed by atoms with Gasteiger partial charge in [-0.15, -0.1) is 0 Å². The fraction of sp³-hybridized carbons (Fsp3) is 0.316. The summed E-state index contributed by atoms with van der Waals surface area (Å²) in [6, 6.07) is 4.70. The van der Waals surface area contributed by atoms with E-state index in [-0.39, 0.29) is 12.2 Å². The molecule has 0 radical (unpaired) electrons. The molecule has 0 unspecified atom stereocenters. The normalized spacial score (nSPS) is 12.3. The van der Waals surface area contributed by atoms with Crippen LogP contribution in [-0.4, -0.2) is 25.5 Å². The molecule has 32 heavy (non-hydrogen) atoms. The van der Waals surface area contributed by atoms with Crippen LogP contribution in [0.25, 0.3) is 0 Å². The molecule has 172 valence electrons. The highest BCUT2D eigenvalue weighted by Gasteiger charge is 2.40. The van der Waals surface area contributed by atoms with Gasteiger partial charge in [-0.05, 0) is 31.5 Å². The molecule has 0 saturated carbocycles. The number of hydrogen-bond acceptors (Lipinski definition) is 3. The summed E-state index contributed by atoms with van der Waals surface area (Å²) in [6.07, 6.45) is -9.31. The van der Waals surface area contributed by atoms with Gasteiger partial charge in [-0.25, -0.2) is 0 Å². The second kappa shape index (κ2) is 8.15. The van der Waals surface area contributed by atoms with Crippen molar-refractivity contribution in [2.24, 2.45) is 7.05 Å². The van der Waals surface area contributed by atoms with E-state index in [0.717, 1.165) is 19.2 Å². The summed E-state index contributed by atoms with van der Waals surface area (Å²) in [4.78, 5) is 12.6. The molecular weight excluding hydrogens is 464 g/mol. The number of halogens is 7. The minimum absolute atomic E-state index is 0.0188. The Labute approximate surface area is 182 Å². The first-order chi connectivity index (χ1) is 14.7. The number of benzene rings is 1. The number of aromatic nitrogens is 4. The number of nitrogens with zero attached hydrogens (tertiary/aromatic N) is 4. The smallest absolute Gasteiger partial charge is 0.317 e. The second-order valence-corrected chi connectivity index (χ2v) is 7.37. The zero-order valence-corrected chi connectivity index (χ0v) is 17.6. The molecule has 1 aromatic carbocycles. The summed E-state index contributed by atoms with van der Waals surface area (Å²) < 4.78 is 79.9. The van der Waals surface area contributed by atoms with Gasteiger partial charge in [-0.3, -0.25) is 14.2 Å². The molecule has 2 aromatic heterocycles. The molecule has 0 bridgehead atoms. The Morgan fingerprint density at radius 2 is 1.75 bits per heavy atom. The number of carbonyl (C=O) groups is 1. The van der Waals surface area contributed by atoms with Crippen molar-refractivity contribution in [2.75, 3.05) is 5.32 Å². The van der Waals surface area contributed by atoms with Gasteiger partial charge in [0.1, 0.15) is 5.02 Å². The Morgan fingerprint density at radius 1 is 1.09 bits per heavy atom. The number of anilines is 1. The van der Waals surface area contributed by atoms with Gasteiger partial charge in [0.15, 0.2) is 11.4 Å². The average molecular weight is 480 g/mol. The predicted octanol–water partition coefficient (Wildman–Crippen LogP) is 5.23. The van der Waals surface area contributed by atoms with E-state index in [9.17, 15) is 31.1 Å². The average Bonchev–Trinajstić information content (AvgIpc) is 3.11. The maximum atomic E-state index is 13.1. The molecule has 0 aliphatic rings. The number of hydrogen-bond donors (Lipinski definition) is 1. The largest absolute Gasteiger partial charge is 0.434 e. The molecule has 0 aliphatic heterocycles. The van der Waals surface area contributed by atoms with E-state index in [1.165, 1.54) is 23.7 Å². The molecular formula is C19H16ClF6N5O. The monoisotopic (exact) mass is 479 g/mol. The standard InChI is InChI=1S/C19H16ClF6N5O/c1-9-14(27-17(32)15-13(20)16(19(24,25)26)30(3)29-15)10(2)31(28-9)8-11-5-4-6-12(7-11)18(21,22)23/h4-7H,8H2,1-3H3,(H,27,32). The number of rotatable bonds is 4. The van der Waals surface area contributed by atoms with E-state index in [2.05, 4.69) is 15.5 Å².